The minimum Gasteiger partial charge on any atom is -0.462 e. The molecule has 3 fully saturated rings. The quantitative estimate of drug-likeness (QED) is 0.645. The van der Waals surface area contributed by atoms with Crippen LogP contribution in [0.3, 0.4) is 0 Å². The van der Waals surface area contributed by atoms with Gasteiger partial charge in [0.05, 0.1) is 6.61 Å². The van der Waals surface area contributed by atoms with Gasteiger partial charge in [0.25, 0.3) is 0 Å². The number of nitrogens with zero attached hydrogens (tertiary/aromatic N) is 1. The van der Waals surface area contributed by atoms with E-state index in [1.54, 1.807) is 0 Å². The molecule has 0 amide bonds. The van der Waals surface area contributed by atoms with E-state index in [4.69, 9.17) is 9.47 Å². The Hall–Kier alpha value is -1.14. The first kappa shape index (κ1) is 17.7. The molecule has 132 valence electrons. The van der Waals surface area contributed by atoms with Gasteiger partial charge in [-0.2, -0.15) is 0 Å². The smallest absolute Gasteiger partial charge is 0.316 e. The third kappa shape index (κ3) is 2.94. The molecule has 2 bridgehead atoms. The number of ether oxygens (including phenoxy) is 2. The molecule has 4 rings (SSSR count). The van der Waals surface area contributed by atoms with Gasteiger partial charge in [0.2, 0.25) is 0 Å². The van der Waals surface area contributed by atoms with Crippen LogP contribution in [0.15, 0.2) is 30.3 Å². The van der Waals surface area contributed by atoms with Crippen LogP contribution in [0.2, 0.25) is 0 Å². The molecule has 3 saturated heterocycles. The third-order valence-electron chi connectivity index (χ3n) is 5.50. The van der Waals surface area contributed by atoms with Crippen LogP contribution in [0.4, 0.5) is 0 Å². The van der Waals surface area contributed by atoms with Gasteiger partial charge in [0.15, 0.2) is 0 Å². The van der Waals surface area contributed by atoms with Gasteiger partial charge in [0, 0.05) is 24.9 Å². The van der Waals surface area contributed by atoms with E-state index >= 15 is 0 Å². The first-order valence-electron chi connectivity index (χ1n) is 8.50. The Morgan fingerprint density at radius 2 is 1.92 bits per heavy atom. The lowest BCUT2D eigenvalue weighted by atomic mass is 9.97. The summed E-state index contributed by atoms with van der Waals surface area (Å²) in [6.45, 7) is 2.97. The lowest BCUT2D eigenvalue weighted by Gasteiger charge is -2.40. The van der Waals surface area contributed by atoms with E-state index in [1.165, 1.54) is 0 Å². The zero-order valence-electron chi connectivity index (χ0n) is 13.7. The highest BCUT2D eigenvalue weighted by Gasteiger charge is 2.63. The van der Waals surface area contributed by atoms with Gasteiger partial charge in [-0.05, 0) is 12.1 Å². The van der Waals surface area contributed by atoms with Crippen molar-refractivity contribution < 1.29 is 19.4 Å². The molecular weight excluding hydrogens is 330 g/mol. The normalized spacial score (nSPS) is 34.8. The molecule has 1 aromatic carbocycles. The number of fused-ring (bicyclic) bond motifs is 5. The molecule has 0 aromatic heterocycles. The van der Waals surface area contributed by atoms with E-state index in [9.17, 15) is 9.90 Å². The van der Waals surface area contributed by atoms with E-state index in [2.05, 4.69) is 11.8 Å². The van der Waals surface area contributed by atoms with Crippen molar-refractivity contribution >= 4 is 18.4 Å². The second-order valence-electron chi connectivity index (χ2n) is 6.71. The topological polar surface area (TPSA) is 62.3 Å². The number of hydrogen-bond donors (Lipinski definition) is 1. The molecular formula is C18H24ClNO4. The average molecular weight is 354 g/mol. The minimum absolute atomic E-state index is 0. The summed E-state index contributed by atoms with van der Waals surface area (Å²) in [5.74, 6) is -0.911. The Morgan fingerprint density at radius 3 is 2.46 bits per heavy atom. The number of carbonyl (C=O) groups is 1. The summed E-state index contributed by atoms with van der Waals surface area (Å²) in [7, 11) is 0. The number of rotatable bonds is 5. The monoisotopic (exact) mass is 353 g/mol. The van der Waals surface area contributed by atoms with E-state index < -0.39 is 5.92 Å². The standard InChI is InChI=1S/C18H23NO4.ClH/c1-2-19-14-8-12(9-15(19)17-16(14)23-17)22-18(21)13(10-20)11-6-4-3-5-7-11;/h3-7,12-17,20H,2,8-10H2,1H3;1H. The second kappa shape index (κ2) is 7.00. The van der Waals surface area contributed by atoms with E-state index in [0.29, 0.717) is 24.3 Å². The van der Waals surface area contributed by atoms with Crippen LogP contribution < -0.4 is 0 Å². The number of aliphatic hydroxyl groups excluding tert-OH is 1. The number of benzene rings is 1. The summed E-state index contributed by atoms with van der Waals surface area (Å²) in [4.78, 5) is 15.0. The van der Waals surface area contributed by atoms with E-state index in [0.717, 1.165) is 24.9 Å². The number of hydrogen-bond acceptors (Lipinski definition) is 5. The molecule has 6 heteroatoms. The van der Waals surface area contributed by atoms with Gasteiger partial charge < -0.3 is 14.6 Å². The van der Waals surface area contributed by atoms with E-state index in [1.807, 2.05) is 30.3 Å². The molecule has 5 atom stereocenters. The Bertz CT molecular complexity index is 566. The van der Waals surface area contributed by atoms with Crippen LogP contribution in [-0.4, -0.2) is 59.5 Å². The molecule has 3 aliphatic heterocycles. The average Bonchev–Trinajstić information content (AvgIpc) is 3.32. The first-order chi connectivity index (χ1) is 11.2. The summed E-state index contributed by atoms with van der Waals surface area (Å²) >= 11 is 0. The lowest BCUT2D eigenvalue weighted by Crippen LogP contribution is -2.50. The predicted octanol–water partition coefficient (Wildman–Crippen LogP) is 1.73. The molecule has 0 aliphatic carbocycles. The maximum Gasteiger partial charge on any atom is 0.316 e. The summed E-state index contributed by atoms with van der Waals surface area (Å²) in [6.07, 6.45) is 2.29. The van der Waals surface area contributed by atoms with Crippen LogP contribution >= 0.6 is 12.4 Å². The number of morpholine rings is 1. The van der Waals surface area contributed by atoms with Crippen LogP contribution in [0, 0.1) is 0 Å². The number of piperidine rings is 1. The molecule has 24 heavy (non-hydrogen) atoms. The third-order valence-corrected chi connectivity index (χ3v) is 5.50. The predicted molar refractivity (Wildman–Crippen MR) is 91.2 cm³/mol. The number of esters is 1. The maximum atomic E-state index is 12.5. The highest BCUT2D eigenvalue weighted by atomic mass is 35.5. The molecule has 3 heterocycles. The molecule has 5 unspecified atom stereocenters. The Morgan fingerprint density at radius 1 is 1.29 bits per heavy atom. The van der Waals surface area contributed by atoms with Crippen molar-refractivity contribution in [1.29, 1.82) is 0 Å². The van der Waals surface area contributed by atoms with Gasteiger partial charge in [-0.1, -0.05) is 37.3 Å². The number of aliphatic hydroxyl groups is 1. The summed E-state index contributed by atoms with van der Waals surface area (Å²) in [5, 5.41) is 9.60. The lowest BCUT2D eigenvalue weighted by molar-refractivity contribution is -0.157. The van der Waals surface area contributed by atoms with Crippen LogP contribution in [0.5, 0.6) is 0 Å². The van der Waals surface area contributed by atoms with Gasteiger partial charge in [-0.25, -0.2) is 0 Å². The van der Waals surface area contributed by atoms with Crippen molar-refractivity contribution in [3.8, 4) is 0 Å². The zero-order chi connectivity index (χ0) is 16.0. The molecule has 0 spiro atoms. The maximum absolute atomic E-state index is 12.5. The Balaban J connectivity index is 0.00000169. The van der Waals surface area contributed by atoms with Crippen molar-refractivity contribution in [2.75, 3.05) is 13.2 Å². The summed E-state index contributed by atoms with van der Waals surface area (Å²) in [6, 6.07) is 10.1. The van der Waals surface area contributed by atoms with Gasteiger partial charge >= 0.3 is 5.97 Å². The van der Waals surface area contributed by atoms with Gasteiger partial charge in [-0.15, -0.1) is 12.4 Å². The van der Waals surface area contributed by atoms with Crippen molar-refractivity contribution in [2.24, 2.45) is 0 Å². The van der Waals surface area contributed by atoms with Crippen molar-refractivity contribution in [3.05, 3.63) is 35.9 Å². The Labute approximate surface area is 148 Å². The van der Waals surface area contributed by atoms with Crippen molar-refractivity contribution in [2.45, 2.75) is 56.1 Å². The van der Waals surface area contributed by atoms with Gasteiger partial charge in [0.1, 0.15) is 24.2 Å². The fraction of sp³-hybridized carbons (Fsp3) is 0.611. The number of halogens is 1. The minimum atomic E-state index is -0.594. The largest absolute Gasteiger partial charge is 0.462 e. The SMILES string of the molecule is CCN1C2CC(OC(=O)C(CO)c3ccccc3)CC1C1OC12.Cl. The molecule has 5 nitrogen and oxygen atoms in total. The number of likely N-dealkylation sites (N-methyl/N-ethyl adjacent to an activating group) is 1. The molecule has 1 aromatic rings. The summed E-state index contributed by atoms with van der Waals surface area (Å²) < 4.78 is 11.5. The number of epoxide rings is 1. The van der Waals surface area contributed by atoms with Crippen LogP contribution in [0.25, 0.3) is 0 Å². The molecule has 1 N–H and O–H groups in total. The summed E-state index contributed by atoms with van der Waals surface area (Å²) in [5.41, 5.74) is 0.806. The molecule has 0 saturated carbocycles. The fourth-order valence-corrected chi connectivity index (χ4v) is 4.37. The first-order valence-corrected chi connectivity index (χ1v) is 8.50. The number of carbonyl (C=O) groups excluding carboxylic acids is 1. The second-order valence-corrected chi connectivity index (χ2v) is 6.71. The zero-order valence-corrected chi connectivity index (χ0v) is 14.5. The van der Waals surface area contributed by atoms with Crippen LogP contribution in [0.1, 0.15) is 31.2 Å². The fourth-order valence-electron chi connectivity index (χ4n) is 4.37. The molecule has 0 radical (unpaired) electrons. The highest BCUT2D eigenvalue weighted by Crippen LogP contribution is 2.48. The van der Waals surface area contributed by atoms with E-state index in [-0.39, 0.29) is 31.1 Å². The van der Waals surface area contributed by atoms with Crippen LogP contribution in [-0.2, 0) is 14.3 Å². The highest BCUT2D eigenvalue weighted by molar-refractivity contribution is 5.85. The van der Waals surface area contributed by atoms with Crippen molar-refractivity contribution in [1.82, 2.24) is 4.90 Å². The van der Waals surface area contributed by atoms with Gasteiger partial charge in [-0.3, -0.25) is 9.69 Å². The Kier molecular flexibility index (Phi) is 5.16. The molecule has 3 aliphatic rings. The van der Waals surface area contributed by atoms with Crippen molar-refractivity contribution in [3.63, 3.8) is 0 Å².